The van der Waals surface area contributed by atoms with Crippen LogP contribution in [0, 0.1) is 6.92 Å². The number of hydrogen-bond donors (Lipinski definition) is 1. The predicted octanol–water partition coefficient (Wildman–Crippen LogP) is 1.76. The summed E-state index contributed by atoms with van der Waals surface area (Å²) in [6.07, 6.45) is 5.58. The number of rotatable bonds is 7. The van der Waals surface area contributed by atoms with E-state index in [0.29, 0.717) is 0 Å². The number of anilines is 2. The molecule has 0 saturated carbocycles. The lowest BCUT2D eigenvalue weighted by molar-refractivity contribution is 0.256. The average molecular weight is 341 g/mol. The first-order valence-electron chi connectivity index (χ1n) is 9.07. The molecule has 2 aromatic heterocycles. The summed E-state index contributed by atoms with van der Waals surface area (Å²) in [6, 6.07) is 3.87. The average Bonchev–Trinajstić information content (AvgIpc) is 2.66. The Morgan fingerprint density at radius 2 is 1.84 bits per heavy atom. The molecule has 0 bridgehead atoms. The number of piperazine rings is 1. The Morgan fingerprint density at radius 1 is 1.08 bits per heavy atom. The van der Waals surface area contributed by atoms with Crippen molar-refractivity contribution in [3.63, 3.8) is 0 Å². The van der Waals surface area contributed by atoms with Crippen molar-refractivity contribution >= 4 is 11.8 Å². The van der Waals surface area contributed by atoms with Crippen LogP contribution in [0.2, 0.25) is 0 Å². The van der Waals surface area contributed by atoms with E-state index in [0.717, 1.165) is 75.4 Å². The molecule has 0 aromatic carbocycles. The van der Waals surface area contributed by atoms with Gasteiger partial charge in [0.1, 0.15) is 11.6 Å². The smallest absolute Gasteiger partial charge is 0.225 e. The third-order valence-electron chi connectivity index (χ3n) is 4.38. The van der Waals surface area contributed by atoms with Crippen molar-refractivity contribution in [1.82, 2.24) is 24.8 Å². The van der Waals surface area contributed by atoms with Gasteiger partial charge in [0, 0.05) is 63.3 Å². The highest BCUT2D eigenvalue weighted by atomic mass is 15.3. The number of aryl methyl sites for hydroxylation is 2. The fourth-order valence-electron chi connectivity index (χ4n) is 3.02. The maximum absolute atomic E-state index is 4.52. The summed E-state index contributed by atoms with van der Waals surface area (Å²) >= 11 is 0. The third-order valence-corrected chi connectivity index (χ3v) is 4.38. The number of hydrogen-bond acceptors (Lipinski definition) is 7. The molecule has 25 heavy (non-hydrogen) atoms. The summed E-state index contributed by atoms with van der Waals surface area (Å²) < 4.78 is 0. The van der Waals surface area contributed by atoms with Crippen molar-refractivity contribution in [1.29, 1.82) is 0 Å². The van der Waals surface area contributed by atoms with Crippen LogP contribution in [0.25, 0.3) is 0 Å². The van der Waals surface area contributed by atoms with Gasteiger partial charge >= 0.3 is 0 Å². The molecule has 1 aliphatic rings. The van der Waals surface area contributed by atoms with E-state index in [1.807, 2.05) is 19.1 Å². The van der Waals surface area contributed by atoms with Crippen LogP contribution < -0.4 is 10.2 Å². The quantitative estimate of drug-likeness (QED) is 0.770. The topological polar surface area (TPSA) is 70.1 Å². The molecule has 3 rings (SSSR count). The third kappa shape index (κ3) is 5.09. The largest absolute Gasteiger partial charge is 0.370 e. The van der Waals surface area contributed by atoms with Gasteiger partial charge in [0.25, 0.3) is 0 Å². The van der Waals surface area contributed by atoms with E-state index in [1.54, 1.807) is 12.4 Å². The molecular weight excluding hydrogens is 314 g/mol. The minimum absolute atomic E-state index is 0.842. The zero-order valence-corrected chi connectivity index (χ0v) is 15.1. The normalized spacial score (nSPS) is 15.4. The molecule has 0 amide bonds. The first-order chi connectivity index (χ1) is 12.2. The van der Waals surface area contributed by atoms with Crippen LogP contribution in [0.15, 0.2) is 24.5 Å². The van der Waals surface area contributed by atoms with Gasteiger partial charge in [-0.3, -0.25) is 4.90 Å². The summed E-state index contributed by atoms with van der Waals surface area (Å²) in [5.41, 5.74) is 1.02. The fraction of sp³-hybridized carbons (Fsp3) is 0.556. The van der Waals surface area contributed by atoms with E-state index in [1.165, 1.54) is 0 Å². The minimum atomic E-state index is 0.842. The van der Waals surface area contributed by atoms with Crippen molar-refractivity contribution in [3.8, 4) is 0 Å². The van der Waals surface area contributed by atoms with Crippen LogP contribution in [0.1, 0.15) is 24.9 Å². The van der Waals surface area contributed by atoms with Gasteiger partial charge in [-0.05, 0) is 26.0 Å². The van der Waals surface area contributed by atoms with Crippen molar-refractivity contribution in [2.45, 2.75) is 26.7 Å². The number of aromatic nitrogens is 4. The number of nitrogens with zero attached hydrogens (tertiary/aromatic N) is 6. The van der Waals surface area contributed by atoms with E-state index >= 15 is 0 Å². The Hall–Kier alpha value is -2.28. The first-order valence-corrected chi connectivity index (χ1v) is 9.07. The minimum Gasteiger partial charge on any atom is -0.370 e. The van der Waals surface area contributed by atoms with Crippen LogP contribution in [-0.4, -0.2) is 64.1 Å². The van der Waals surface area contributed by atoms with Gasteiger partial charge in [0.05, 0.1) is 0 Å². The summed E-state index contributed by atoms with van der Waals surface area (Å²) in [4.78, 5) is 22.4. The fourth-order valence-corrected chi connectivity index (χ4v) is 3.02. The highest BCUT2D eigenvalue weighted by Crippen LogP contribution is 2.10. The van der Waals surface area contributed by atoms with Gasteiger partial charge in [0.15, 0.2) is 0 Å². The zero-order chi connectivity index (χ0) is 17.5. The molecule has 7 nitrogen and oxygen atoms in total. The summed E-state index contributed by atoms with van der Waals surface area (Å²) in [5.74, 6) is 2.69. The maximum atomic E-state index is 4.52. The van der Waals surface area contributed by atoms with Gasteiger partial charge in [-0.2, -0.15) is 0 Å². The van der Waals surface area contributed by atoms with Crippen molar-refractivity contribution in [2.75, 3.05) is 49.5 Å². The molecule has 0 atom stereocenters. The van der Waals surface area contributed by atoms with E-state index < -0.39 is 0 Å². The molecule has 7 heteroatoms. The second-order valence-corrected chi connectivity index (χ2v) is 6.32. The monoisotopic (exact) mass is 341 g/mol. The lowest BCUT2D eigenvalue weighted by Gasteiger charge is -2.34. The van der Waals surface area contributed by atoms with Crippen molar-refractivity contribution in [3.05, 3.63) is 36.0 Å². The van der Waals surface area contributed by atoms with Crippen molar-refractivity contribution < 1.29 is 0 Å². The van der Waals surface area contributed by atoms with Gasteiger partial charge in [-0.25, -0.2) is 19.9 Å². The van der Waals surface area contributed by atoms with Gasteiger partial charge in [-0.15, -0.1) is 0 Å². The molecule has 1 saturated heterocycles. The van der Waals surface area contributed by atoms with Crippen LogP contribution >= 0.6 is 0 Å². The molecule has 0 spiro atoms. The standard InChI is InChI=1S/C18H27N7/c1-3-16-22-15(2)14-17(23-16)19-8-5-9-24-10-12-25(13-11-24)18-20-6-4-7-21-18/h4,6-7,14H,3,5,8-13H2,1-2H3,(H,19,22,23). The van der Waals surface area contributed by atoms with Gasteiger partial charge in [-0.1, -0.05) is 6.92 Å². The van der Waals surface area contributed by atoms with Crippen molar-refractivity contribution in [2.24, 2.45) is 0 Å². The Balaban J connectivity index is 1.37. The Labute approximate surface area is 149 Å². The maximum Gasteiger partial charge on any atom is 0.225 e. The predicted molar refractivity (Wildman–Crippen MR) is 99.9 cm³/mol. The molecule has 1 fully saturated rings. The lowest BCUT2D eigenvalue weighted by atomic mass is 10.3. The van der Waals surface area contributed by atoms with E-state index in [4.69, 9.17) is 0 Å². The molecule has 1 N–H and O–H groups in total. The highest BCUT2D eigenvalue weighted by molar-refractivity contribution is 5.35. The summed E-state index contributed by atoms with van der Waals surface area (Å²) in [6.45, 7) is 10.2. The summed E-state index contributed by atoms with van der Waals surface area (Å²) in [7, 11) is 0. The highest BCUT2D eigenvalue weighted by Gasteiger charge is 2.18. The van der Waals surface area contributed by atoms with E-state index in [9.17, 15) is 0 Å². The first kappa shape index (κ1) is 17.5. The Kier molecular flexibility index (Phi) is 6.11. The number of nitrogens with one attached hydrogen (secondary N) is 1. The summed E-state index contributed by atoms with van der Waals surface area (Å²) in [5, 5.41) is 3.43. The van der Waals surface area contributed by atoms with Crippen LogP contribution in [0.5, 0.6) is 0 Å². The van der Waals surface area contributed by atoms with E-state index in [2.05, 4.69) is 42.0 Å². The SMILES string of the molecule is CCc1nc(C)cc(NCCCN2CCN(c3ncccn3)CC2)n1. The molecule has 1 aliphatic heterocycles. The molecule has 3 heterocycles. The van der Waals surface area contributed by atoms with Crippen LogP contribution in [-0.2, 0) is 6.42 Å². The van der Waals surface area contributed by atoms with E-state index in [-0.39, 0.29) is 0 Å². The second-order valence-electron chi connectivity index (χ2n) is 6.32. The molecule has 134 valence electrons. The molecule has 0 aliphatic carbocycles. The molecule has 0 radical (unpaired) electrons. The van der Waals surface area contributed by atoms with Gasteiger partial charge in [0.2, 0.25) is 5.95 Å². The molecule has 2 aromatic rings. The van der Waals surface area contributed by atoms with Crippen LogP contribution in [0.3, 0.4) is 0 Å². The van der Waals surface area contributed by atoms with Crippen LogP contribution in [0.4, 0.5) is 11.8 Å². The Morgan fingerprint density at radius 3 is 2.56 bits per heavy atom. The Bertz CT molecular complexity index is 654. The molecular formula is C18H27N7. The molecule has 0 unspecified atom stereocenters. The van der Waals surface area contributed by atoms with Gasteiger partial charge < -0.3 is 10.2 Å². The zero-order valence-electron chi connectivity index (χ0n) is 15.1. The second kappa shape index (κ2) is 8.71. The lowest BCUT2D eigenvalue weighted by Crippen LogP contribution is -2.47.